The van der Waals surface area contributed by atoms with Crippen molar-refractivity contribution >= 4 is 5.97 Å². The van der Waals surface area contributed by atoms with Gasteiger partial charge >= 0.3 is 5.97 Å². The van der Waals surface area contributed by atoms with Crippen molar-refractivity contribution in [2.75, 3.05) is 6.54 Å². The quantitative estimate of drug-likeness (QED) is 0.899. The molecule has 20 heavy (non-hydrogen) atoms. The van der Waals surface area contributed by atoms with Crippen molar-refractivity contribution in [1.82, 2.24) is 4.90 Å². The number of likely N-dealkylation sites (tertiary alicyclic amines) is 1. The van der Waals surface area contributed by atoms with Gasteiger partial charge in [0.1, 0.15) is 5.75 Å². The molecular weight excluding hydrogens is 254 g/mol. The van der Waals surface area contributed by atoms with Crippen molar-refractivity contribution in [1.29, 1.82) is 0 Å². The van der Waals surface area contributed by atoms with E-state index in [1.54, 1.807) is 0 Å². The minimum atomic E-state index is -0.683. The van der Waals surface area contributed by atoms with Crippen LogP contribution in [0.3, 0.4) is 0 Å². The molecule has 1 aromatic carbocycles. The largest absolute Gasteiger partial charge is 0.491 e. The highest BCUT2D eigenvalue weighted by Crippen LogP contribution is 2.26. The second-order valence-electron chi connectivity index (χ2n) is 5.76. The minimum absolute atomic E-state index is 0.0853. The molecule has 0 saturated carbocycles. The van der Waals surface area contributed by atoms with Gasteiger partial charge in [-0.15, -0.1) is 0 Å². The monoisotopic (exact) mass is 277 g/mol. The molecule has 0 aliphatic carbocycles. The van der Waals surface area contributed by atoms with Crippen LogP contribution in [0.5, 0.6) is 5.75 Å². The van der Waals surface area contributed by atoms with Crippen LogP contribution in [0, 0.1) is 5.92 Å². The molecule has 2 rings (SSSR count). The van der Waals surface area contributed by atoms with Gasteiger partial charge in [0, 0.05) is 12.6 Å². The molecule has 2 unspecified atom stereocenters. The molecule has 1 fully saturated rings. The Morgan fingerprint density at radius 1 is 1.50 bits per heavy atom. The second-order valence-corrected chi connectivity index (χ2v) is 5.76. The maximum absolute atomic E-state index is 11.1. The molecule has 1 aromatic rings. The fourth-order valence-electron chi connectivity index (χ4n) is 2.78. The lowest BCUT2D eigenvalue weighted by molar-refractivity contribution is -0.142. The number of carboxylic acid groups (broad SMARTS) is 1. The minimum Gasteiger partial charge on any atom is -0.491 e. The standard InChI is InChI=1S/C16H23NO3/c1-11(2)20-14-6-4-5-13(9-14)10-17-8-7-15(12(17)3)16(18)19/h4-6,9,11-12,15H,7-8,10H2,1-3H3,(H,18,19). The number of hydrogen-bond acceptors (Lipinski definition) is 3. The first-order valence-corrected chi connectivity index (χ1v) is 7.20. The highest BCUT2D eigenvalue weighted by atomic mass is 16.5. The van der Waals surface area contributed by atoms with E-state index in [0.29, 0.717) is 0 Å². The third-order valence-electron chi connectivity index (χ3n) is 3.86. The van der Waals surface area contributed by atoms with Crippen LogP contribution in [0.25, 0.3) is 0 Å². The summed E-state index contributed by atoms with van der Waals surface area (Å²) >= 11 is 0. The Morgan fingerprint density at radius 2 is 2.25 bits per heavy atom. The molecule has 1 aliphatic rings. The number of hydrogen-bond donors (Lipinski definition) is 1. The Labute approximate surface area is 120 Å². The lowest BCUT2D eigenvalue weighted by Gasteiger charge is -2.23. The molecule has 0 radical (unpaired) electrons. The fraction of sp³-hybridized carbons (Fsp3) is 0.562. The van der Waals surface area contributed by atoms with E-state index in [0.717, 1.165) is 25.3 Å². The Hall–Kier alpha value is -1.55. The van der Waals surface area contributed by atoms with Gasteiger partial charge in [0.05, 0.1) is 12.0 Å². The molecule has 1 heterocycles. The molecule has 0 amide bonds. The lowest BCUT2D eigenvalue weighted by atomic mass is 10.0. The lowest BCUT2D eigenvalue weighted by Crippen LogP contribution is -2.32. The number of carboxylic acids is 1. The first kappa shape index (κ1) is 14.9. The van der Waals surface area contributed by atoms with Crippen LogP contribution in [0.1, 0.15) is 32.8 Å². The Kier molecular flexibility index (Phi) is 4.65. The van der Waals surface area contributed by atoms with Gasteiger partial charge in [-0.3, -0.25) is 9.69 Å². The summed E-state index contributed by atoms with van der Waals surface area (Å²) in [6.45, 7) is 7.63. The highest BCUT2D eigenvalue weighted by Gasteiger charge is 2.35. The van der Waals surface area contributed by atoms with Gasteiger partial charge in [0.25, 0.3) is 0 Å². The number of ether oxygens (including phenoxy) is 1. The third kappa shape index (κ3) is 3.51. The molecule has 110 valence electrons. The summed E-state index contributed by atoms with van der Waals surface area (Å²) in [6, 6.07) is 8.14. The summed E-state index contributed by atoms with van der Waals surface area (Å²) in [7, 11) is 0. The Balaban J connectivity index is 2.02. The molecule has 1 saturated heterocycles. The van der Waals surface area contributed by atoms with E-state index in [2.05, 4.69) is 11.0 Å². The molecule has 4 nitrogen and oxygen atoms in total. The summed E-state index contributed by atoms with van der Waals surface area (Å²) in [4.78, 5) is 13.4. The first-order chi connectivity index (χ1) is 9.47. The third-order valence-corrected chi connectivity index (χ3v) is 3.86. The van der Waals surface area contributed by atoms with Crippen molar-refractivity contribution in [3.63, 3.8) is 0 Å². The van der Waals surface area contributed by atoms with Crippen LogP contribution in [0.15, 0.2) is 24.3 Å². The second kappa shape index (κ2) is 6.27. The van der Waals surface area contributed by atoms with Gasteiger partial charge in [-0.25, -0.2) is 0 Å². The van der Waals surface area contributed by atoms with Crippen LogP contribution in [-0.4, -0.2) is 34.7 Å². The average Bonchev–Trinajstić information content (AvgIpc) is 2.71. The molecular formula is C16H23NO3. The predicted octanol–water partition coefficient (Wildman–Crippen LogP) is 2.77. The van der Waals surface area contributed by atoms with Crippen LogP contribution in [0.4, 0.5) is 0 Å². The fourth-order valence-corrected chi connectivity index (χ4v) is 2.78. The molecule has 2 atom stereocenters. The molecule has 0 spiro atoms. The SMILES string of the molecule is CC(C)Oc1cccc(CN2CCC(C(=O)O)C2C)c1. The van der Waals surface area contributed by atoms with Crippen molar-refractivity contribution in [2.24, 2.45) is 5.92 Å². The van der Waals surface area contributed by atoms with E-state index in [1.165, 1.54) is 5.56 Å². The normalized spacial score (nSPS) is 23.2. The van der Waals surface area contributed by atoms with Gasteiger partial charge < -0.3 is 9.84 Å². The number of rotatable bonds is 5. The maximum atomic E-state index is 11.1. The van der Waals surface area contributed by atoms with E-state index >= 15 is 0 Å². The van der Waals surface area contributed by atoms with E-state index in [9.17, 15) is 4.79 Å². The van der Waals surface area contributed by atoms with Gasteiger partial charge in [0.2, 0.25) is 0 Å². The Bertz CT molecular complexity index is 473. The van der Waals surface area contributed by atoms with Crippen LogP contribution < -0.4 is 4.74 Å². The summed E-state index contributed by atoms with van der Waals surface area (Å²) in [5, 5.41) is 9.16. The summed E-state index contributed by atoms with van der Waals surface area (Å²) < 4.78 is 5.69. The number of carbonyl (C=O) groups is 1. The van der Waals surface area contributed by atoms with Crippen molar-refractivity contribution in [3.8, 4) is 5.75 Å². The predicted molar refractivity (Wildman–Crippen MR) is 77.8 cm³/mol. The van der Waals surface area contributed by atoms with Gasteiger partial charge in [0.15, 0.2) is 0 Å². The number of aliphatic carboxylic acids is 1. The van der Waals surface area contributed by atoms with E-state index in [1.807, 2.05) is 39.0 Å². The molecule has 1 aliphatic heterocycles. The summed E-state index contributed by atoms with van der Waals surface area (Å²) in [5.74, 6) is -0.0545. The highest BCUT2D eigenvalue weighted by molar-refractivity contribution is 5.71. The van der Waals surface area contributed by atoms with Crippen molar-refractivity contribution in [2.45, 2.75) is 45.9 Å². The van der Waals surface area contributed by atoms with Crippen LogP contribution >= 0.6 is 0 Å². The zero-order chi connectivity index (χ0) is 14.7. The molecule has 0 aromatic heterocycles. The van der Waals surface area contributed by atoms with Gasteiger partial charge in [-0.05, 0) is 51.4 Å². The number of nitrogens with zero attached hydrogens (tertiary/aromatic N) is 1. The topological polar surface area (TPSA) is 49.8 Å². The molecule has 4 heteroatoms. The summed E-state index contributed by atoms with van der Waals surface area (Å²) in [6.07, 6.45) is 0.894. The first-order valence-electron chi connectivity index (χ1n) is 7.20. The number of benzene rings is 1. The van der Waals surface area contributed by atoms with E-state index in [-0.39, 0.29) is 18.1 Å². The van der Waals surface area contributed by atoms with Gasteiger partial charge in [-0.1, -0.05) is 12.1 Å². The smallest absolute Gasteiger partial charge is 0.308 e. The zero-order valence-electron chi connectivity index (χ0n) is 12.4. The Morgan fingerprint density at radius 3 is 2.85 bits per heavy atom. The van der Waals surface area contributed by atoms with Crippen LogP contribution in [0.2, 0.25) is 0 Å². The van der Waals surface area contributed by atoms with Crippen molar-refractivity contribution in [3.05, 3.63) is 29.8 Å². The van der Waals surface area contributed by atoms with Gasteiger partial charge in [-0.2, -0.15) is 0 Å². The van der Waals surface area contributed by atoms with E-state index in [4.69, 9.17) is 9.84 Å². The zero-order valence-corrected chi connectivity index (χ0v) is 12.4. The molecule has 1 N–H and O–H groups in total. The summed E-state index contributed by atoms with van der Waals surface area (Å²) in [5.41, 5.74) is 1.17. The average molecular weight is 277 g/mol. The maximum Gasteiger partial charge on any atom is 0.308 e. The molecule has 0 bridgehead atoms. The van der Waals surface area contributed by atoms with Crippen molar-refractivity contribution < 1.29 is 14.6 Å². The van der Waals surface area contributed by atoms with Crippen LogP contribution in [-0.2, 0) is 11.3 Å². The van der Waals surface area contributed by atoms with E-state index < -0.39 is 5.97 Å².